The second-order valence-corrected chi connectivity index (χ2v) is 8.77. The third-order valence-corrected chi connectivity index (χ3v) is 4.90. The van der Waals surface area contributed by atoms with Gasteiger partial charge in [0.25, 0.3) is 5.91 Å². The summed E-state index contributed by atoms with van der Waals surface area (Å²) < 4.78 is 39.9. The minimum atomic E-state index is -3.51. The standard InChI is InChI=1S/C20H20ClFN6O3S/c1-3-23-19(29)12-8-9-14(22)17(10-12)26-20-24-11-13(21)18(27-20)25-15-6-4-5-7-16(15)28-32(2,30)31/h4-11,28H,3H2,1-2H3,(H,23,29)(H2,24,25,26,27). The number of halogens is 2. The number of hydrogen-bond donors (Lipinski definition) is 4. The van der Waals surface area contributed by atoms with Gasteiger partial charge in [0.2, 0.25) is 16.0 Å². The molecule has 0 bridgehead atoms. The third-order valence-electron chi connectivity index (χ3n) is 4.03. The minimum absolute atomic E-state index is 0.00108. The van der Waals surface area contributed by atoms with Crippen LogP contribution in [-0.2, 0) is 10.0 Å². The van der Waals surface area contributed by atoms with Crippen LogP contribution in [0.4, 0.5) is 33.2 Å². The molecule has 0 spiro atoms. The van der Waals surface area contributed by atoms with Gasteiger partial charge in [-0.1, -0.05) is 23.7 Å². The number of aromatic nitrogens is 2. The van der Waals surface area contributed by atoms with Gasteiger partial charge in [-0.25, -0.2) is 17.8 Å². The molecule has 168 valence electrons. The number of rotatable bonds is 8. The lowest BCUT2D eigenvalue weighted by atomic mass is 10.2. The number of hydrogen-bond acceptors (Lipinski definition) is 7. The zero-order valence-electron chi connectivity index (χ0n) is 17.1. The summed E-state index contributed by atoms with van der Waals surface area (Å²) in [5, 5.41) is 8.47. The van der Waals surface area contributed by atoms with Gasteiger partial charge < -0.3 is 16.0 Å². The van der Waals surface area contributed by atoms with Crippen molar-refractivity contribution < 1.29 is 17.6 Å². The van der Waals surface area contributed by atoms with Gasteiger partial charge in [0.05, 0.1) is 29.5 Å². The molecule has 32 heavy (non-hydrogen) atoms. The molecule has 0 fully saturated rings. The van der Waals surface area contributed by atoms with Crippen LogP contribution in [0.5, 0.6) is 0 Å². The van der Waals surface area contributed by atoms with E-state index in [1.807, 2.05) is 0 Å². The van der Waals surface area contributed by atoms with E-state index in [9.17, 15) is 17.6 Å². The molecule has 0 saturated carbocycles. The largest absolute Gasteiger partial charge is 0.352 e. The van der Waals surface area contributed by atoms with Crippen molar-refractivity contribution in [1.82, 2.24) is 15.3 Å². The normalized spacial score (nSPS) is 11.0. The fraction of sp³-hybridized carbons (Fsp3) is 0.150. The molecule has 1 aromatic heterocycles. The molecular weight excluding hydrogens is 459 g/mol. The van der Waals surface area contributed by atoms with Crippen molar-refractivity contribution in [3.63, 3.8) is 0 Å². The Balaban J connectivity index is 1.88. The molecule has 1 heterocycles. The molecule has 0 aliphatic heterocycles. The van der Waals surface area contributed by atoms with Crippen LogP contribution in [0.2, 0.25) is 5.02 Å². The highest BCUT2D eigenvalue weighted by Crippen LogP contribution is 2.30. The molecule has 4 N–H and O–H groups in total. The summed E-state index contributed by atoms with van der Waals surface area (Å²) in [7, 11) is -3.51. The van der Waals surface area contributed by atoms with Gasteiger partial charge in [-0.2, -0.15) is 4.98 Å². The molecule has 0 aliphatic carbocycles. The molecule has 0 unspecified atom stereocenters. The van der Waals surface area contributed by atoms with Crippen molar-refractivity contribution in [1.29, 1.82) is 0 Å². The van der Waals surface area contributed by atoms with Crippen LogP contribution in [0, 0.1) is 5.82 Å². The van der Waals surface area contributed by atoms with Crippen molar-refractivity contribution in [3.8, 4) is 0 Å². The van der Waals surface area contributed by atoms with Crippen molar-refractivity contribution >= 4 is 56.4 Å². The maximum Gasteiger partial charge on any atom is 0.251 e. The quantitative estimate of drug-likeness (QED) is 0.387. The Hall–Kier alpha value is -3.44. The zero-order valence-corrected chi connectivity index (χ0v) is 18.7. The van der Waals surface area contributed by atoms with Crippen molar-refractivity contribution in [2.24, 2.45) is 0 Å². The molecule has 0 aliphatic rings. The summed E-state index contributed by atoms with van der Waals surface area (Å²) >= 11 is 6.19. The van der Waals surface area contributed by atoms with Crippen LogP contribution >= 0.6 is 11.6 Å². The van der Waals surface area contributed by atoms with E-state index in [1.54, 1.807) is 31.2 Å². The number of carbonyl (C=O) groups is 1. The average molecular weight is 479 g/mol. The van der Waals surface area contributed by atoms with Crippen molar-refractivity contribution in [2.45, 2.75) is 6.92 Å². The summed E-state index contributed by atoms with van der Waals surface area (Å²) in [5.74, 6) is -0.775. The fourth-order valence-electron chi connectivity index (χ4n) is 2.67. The smallest absolute Gasteiger partial charge is 0.251 e. The Bertz CT molecular complexity index is 1260. The first-order chi connectivity index (χ1) is 15.2. The van der Waals surface area contributed by atoms with E-state index in [1.165, 1.54) is 18.3 Å². The van der Waals surface area contributed by atoms with E-state index in [2.05, 4.69) is 30.6 Å². The number of nitrogens with one attached hydrogen (secondary N) is 4. The van der Waals surface area contributed by atoms with Crippen LogP contribution in [-0.4, -0.2) is 37.1 Å². The van der Waals surface area contributed by atoms with Crippen LogP contribution in [0.1, 0.15) is 17.3 Å². The number of sulfonamides is 1. The molecule has 1 amide bonds. The van der Waals surface area contributed by atoms with Gasteiger partial charge in [-0.15, -0.1) is 0 Å². The maximum absolute atomic E-state index is 14.3. The van der Waals surface area contributed by atoms with Gasteiger partial charge in [0.15, 0.2) is 5.82 Å². The van der Waals surface area contributed by atoms with Gasteiger partial charge in [-0.05, 0) is 37.3 Å². The molecule has 0 atom stereocenters. The summed E-state index contributed by atoms with van der Waals surface area (Å²) in [5.41, 5.74) is 0.957. The zero-order chi connectivity index (χ0) is 23.3. The lowest BCUT2D eigenvalue weighted by Crippen LogP contribution is -2.22. The van der Waals surface area contributed by atoms with Gasteiger partial charge in [0.1, 0.15) is 10.8 Å². The van der Waals surface area contributed by atoms with Crippen LogP contribution in [0.15, 0.2) is 48.7 Å². The highest BCUT2D eigenvalue weighted by Gasteiger charge is 2.13. The first-order valence-electron chi connectivity index (χ1n) is 9.37. The SMILES string of the molecule is CCNC(=O)c1ccc(F)c(Nc2ncc(Cl)c(Nc3ccccc3NS(C)(=O)=O)n2)c1. The monoisotopic (exact) mass is 478 g/mol. The predicted octanol–water partition coefficient (Wildman–Crippen LogP) is 3.88. The van der Waals surface area contributed by atoms with E-state index in [0.717, 1.165) is 12.3 Å². The van der Waals surface area contributed by atoms with Crippen LogP contribution in [0.25, 0.3) is 0 Å². The second-order valence-electron chi connectivity index (χ2n) is 6.61. The van der Waals surface area contributed by atoms with E-state index >= 15 is 0 Å². The molecule has 3 rings (SSSR count). The first-order valence-corrected chi connectivity index (χ1v) is 11.6. The highest BCUT2D eigenvalue weighted by molar-refractivity contribution is 7.92. The van der Waals surface area contributed by atoms with Crippen LogP contribution in [0.3, 0.4) is 0 Å². The van der Waals surface area contributed by atoms with Gasteiger partial charge in [-0.3, -0.25) is 9.52 Å². The number of nitrogens with zero attached hydrogens (tertiary/aromatic N) is 2. The van der Waals surface area contributed by atoms with Crippen molar-refractivity contribution in [3.05, 3.63) is 65.1 Å². The van der Waals surface area contributed by atoms with Gasteiger partial charge >= 0.3 is 0 Å². The molecule has 9 nitrogen and oxygen atoms in total. The Kier molecular flexibility index (Phi) is 7.11. The molecular formula is C20H20ClFN6O3S. The summed E-state index contributed by atoms with van der Waals surface area (Å²) in [6.45, 7) is 2.21. The highest BCUT2D eigenvalue weighted by atomic mass is 35.5. The molecule has 0 radical (unpaired) electrons. The Labute approximate surface area is 189 Å². The van der Waals surface area contributed by atoms with Gasteiger partial charge in [0, 0.05) is 12.1 Å². The van der Waals surface area contributed by atoms with Crippen LogP contribution < -0.4 is 20.7 Å². The lowest BCUT2D eigenvalue weighted by Gasteiger charge is -2.14. The molecule has 2 aromatic carbocycles. The average Bonchev–Trinajstić information content (AvgIpc) is 2.72. The second kappa shape index (κ2) is 9.79. The first kappa shape index (κ1) is 23.2. The van der Waals surface area contributed by atoms with Crippen molar-refractivity contribution in [2.75, 3.05) is 28.2 Å². The Morgan fingerprint density at radius 2 is 1.81 bits per heavy atom. The Morgan fingerprint density at radius 3 is 2.50 bits per heavy atom. The number of carbonyl (C=O) groups excluding carboxylic acids is 1. The maximum atomic E-state index is 14.3. The van der Waals surface area contributed by atoms with E-state index in [4.69, 9.17) is 11.6 Å². The third kappa shape index (κ3) is 6.05. The lowest BCUT2D eigenvalue weighted by molar-refractivity contribution is 0.0956. The molecule has 3 aromatic rings. The fourth-order valence-corrected chi connectivity index (χ4v) is 3.38. The minimum Gasteiger partial charge on any atom is -0.352 e. The summed E-state index contributed by atoms with van der Waals surface area (Å²) in [4.78, 5) is 20.3. The van der Waals surface area contributed by atoms with E-state index in [-0.39, 0.29) is 33.9 Å². The predicted molar refractivity (Wildman–Crippen MR) is 123 cm³/mol. The van der Waals surface area contributed by atoms with E-state index < -0.39 is 15.8 Å². The Morgan fingerprint density at radius 1 is 1.09 bits per heavy atom. The van der Waals surface area contributed by atoms with E-state index in [0.29, 0.717) is 17.9 Å². The number of para-hydroxylation sites is 2. The summed E-state index contributed by atoms with van der Waals surface area (Å²) in [6.07, 6.45) is 2.34. The summed E-state index contributed by atoms with van der Waals surface area (Å²) in [6, 6.07) is 10.4. The number of amides is 1. The number of anilines is 5. The topological polar surface area (TPSA) is 125 Å². The molecule has 12 heteroatoms. The number of benzene rings is 2. The molecule has 0 saturated heterocycles.